The Morgan fingerprint density at radius 2 is 1.24 bits per heavy atom. The third-order valence-corrected chi connectivity index (χ3v) is 7.07. The van der Waals surface area contributed by atoms with Crippen LogP contribution in [0.25, 0.3) is 18.2 Å². The molecular formula is C28H42O6Si3. The van der Waals surface area contributed by atoms with Gasteiger partial charge in [0.15, 0.2) is 17.2 Å². The van der Waals surface area contributed by atoms with E-state index in [9.17, 15) is 4.79 Å². The van der Waals surface area contributed by atoms with Crippen molar-refractivity contribution in [3.05, 3.63) is 53.1 Å². The summed E-state index contributed by atoms with van der Waals surface area (Å²) in [5, 5.41) is 0. The lowest BCUT2D eigenvalue weighted by Gasteiger charge is -2.23. The molecule has 0 amide bonds. The second kappa shape index (κ2) is 12.2. The Morgan fingerprint density at radius 1 is 0.649 bits per heavy atom. The SMILES string of the molecule is COc1cc(/C=C/c2cc(/C=C/C(=O)O[Si](C)(C)C)cc(OC)c2O[Si](C)(C)C)ccc1O[Si](C)(C)C. The molecule has 202 valence electrons. The second-order valence-corrected chi connectivity index (χ2v) is 25.0. The van der Waals surface area contributed by atoms with Crippen molar-refractivity contribution < 1.29 is 27.5 Å². The summed E-state index contributed by atoms with van der Waals surface area (Å²) in [5.41, 5.74) is 2.61. The van der Waals surface area contributed by atoms with Crippen molar-refractivity contribution in [2.24, 2.45) is 0 Å². The smallest absolute Gasteiger partial charge is 0.317 e. The summed E-state index contributed by atoms with van der Waals surface area (Å²) >= 11 is 0. The van der Waals surface area contributed by atoms with Crippen LogP contribution in [0.2, 0.25) is 58.9 Å². The molecule has 0 saturated carbocycles. The molecule has 0 atom stereocenters. The standard InChI is InChI=1S/C28H42O6Si3/c1-30-25-19-21(13-16-24(25)32-35(3,4)5)12-15-23-18-22(14-17-27(29)33-36(6,7)8)20-26(31-2)28(23)34-37(9,10)11/h12-20H,1-11H3/b15-12+,17-14+. The number of carbonyl (C=O) groups excluding carboxylic acids is 1. The first-order valence-corrected chi connectivity index (χ1v) is 22.6. The van der Waals surface area contributed by atoms with Crippen molar-refractivity contribution in [2.45, 2.75) is 58.9 Å². The molecule has 0 radical (unpaired) electrons. The molecule has 0 aromatic heterocycles. The highest BCUT2D eigenvalue weighted by atomic mass is 28.4. The van der Waals surface area contributed by atoms with Crippen LogP contribution in [0.15, 0.2) is 36.4 Å². The van der Waals surface area contributed by atoms with E-state index in [1.165, 1.54) is 6.08 Å². The fourth-order valence-corrected chi connectivity index (χ4v) is 5.65. The Hall–Kier alpha value is -2.76. The average molecular weight is 559 g/mol. The van der Waals surface area contributed by atoms with Gasteiger partial charge in [0.05, 0.1) is 14.2 Å². The molecular weight excluding hydrogens is 517 g/mol. The maximum Gasteiger partial charge on any atom is 0.317 e. The minimum atomic E-state index is -1.97. The van der Waals surface area contributed by atoms with Gasteiger partial charge in [0.1, 0.15) is 5.75 Å². The summed E-state index contributed by atoms with van der Waals surface area (Å²) in [6.45, 7) is 18.7. The van der Waals surface area contributed by atoms with Crippen LogP contribution in [0.5, 0.6) is 23.0 Å². The van der Waals surface area contributed by atoms with Crippen LogP contribution in [0.4, 0.5) is 0 Å². The molecule has 0 aliphatic carbocycles. The van der Waals surface area contributed by atoms with Gasteiger partial charge in [0.2, 0.25) is 25.0 Å². The Kier molecular flexibility index (Phi) is 10.0. The molecule has 0 N–H and O–H groups in total. The molecule has 2 aromatic rings. The summed E-state index contributed by atoms with van der Waals surface area (Å²) in [6.07, 6.45) is 7.19. The van der Waals surface area contributed by atoms with Crippen LogP contribution >= 0.6 is 0 Å². The van der Waals surface area contributed by atoms with Crippen molar-refractivity contribution in [3.63, 3.8) is 0 Å². The monoisotopic (exact) mass is 558 g/mol. The zero-order valence-corrected chi connectivity index (χ0v) is 27.1. The van der Waals surface area contributed by atoms with Crippen LogP contribution in [0.3, 0.4) is 0 Å². The fraction of sp³-hybridized carbons (Fsp3) is 0.393. The molecule has 0 aliphatic rings. The van der Waals surface area contributed by atoms with Gasteiger partial charge in [0.25, 0.3) is 0 Å². The van der Waals surface area contributed by atoms with E-state index in [4.69, 9.17) is 22.8 Å². The Labute approximate surface area is 225 Å². The third kappa shape index (κ3) is 10.6. The predicted molar refractivity (Wildman–Crippen MR) is 161 cm³/mol. The molecule has 0 spiro atoms. The van der Waals surface area contributed by atoms with Crippen LogP contribution in [-0.4, -0.2) is 45.1 Å². The first-order chi connectivity index (χ1) is 17.0. The quantitative estimate of drug-likeness (QED) is 0.160. The van der Waals surface area contributed by atoms with E-state index in [0.29, 0.717) is 17.2 Å². The summed E-state index contributed by atoms with van der Waals surface area (Å²) in [7, 11) is -2.42. The van der Waals surface area contributed by atoms with Gasteiger partial charge in [-0.25, -0.2) is 4.79 Å². The van der Waals surface area contributed by atoms with E-state index in [1.54, 1.807) is 20.3 Å². The van der Waals surface area contributed by atoms with Crippen molar-refractivity contribution in [1.29, 1.82) is 0 Å². The van der Waals surface area contributed by atoms with Crippen molar-refractivity contribution in [3.8, 4) is 23.0 Å². The van der Waals surface area contributed by atoms with Crippen LogP contribution in [-0.2, 0) is 9.22 Å². The highest BCUT2D eigenvalue weighted by Crippen LogP contribution is 2.37. The molecule has 0 unspecified atom stereocenters. The van der Waals surface area contributed by atoms with Crippen molar-refractivity contribution in [1.82, 2.24) is 0 Å². The largest absolute Gasteiger partial charge is 0.542 e. The highest BCUT2D eigenvalue weighted by Gasteiger charge is 2.22. The summed E-state index contributed by atoms with van der Waals surface area (Å²) < 4.78 is 29.4. The molecule has 0 aliphatic heterocycles. The third-order valence-electron chi connectivity index (χ3n) is 4.61. The number of methoxy groups -OCH3 is 2. The predicted octanol–water partition coefficient (Wildman–Crippen LogP) is 7.69. The topological polar surface area (TPSA) is 63.2 Å². The second-order valence-electron chi connectivity index (χ2n) is 11.7. The summed E-state index contributed by atoms with van der Waals surface area (Å²) in [4.78, 5) is 12.3. The summed E-state index contributed by atoms with van der Waals surface area (Å²) in [5.74, 6) is 2.40. The van der Waals surface area contributed by atoms with E-state index in [1.807, 2.05) is 62.1 Å². The average Bonchev–Trinajstić information content (AvgIpc) is 2.74. The molecule has 0 fully saturated rings. The van der Waals surface area contributed by atoms with E-state index in [0.717, 1.165) is 22.4 Å². The molecule has 0 bridgehead atoms. The molecule has 9 heteroatoms. The lowest BCUT2D eigenvalue weighted by molar-refractivity contribution is -0.129. The number of rotatable bonds is 11. The van der Waals surface area contributed by atoms with Crippen molar-refractivity contribution >= 4 is 49.1 Å². The van der Waals surface area contributed by atoms with E-state index >= 15 is 0 Å². The highest BCUT2D eigenvalue weighted by molar-refractivity contribution is 6.71. The minimum Gasteiger partial charge on any atom is -0.542 e. The zero-order valence-electron chi connectivity index (χ0n) is 24.1. The van der Waals surface area contributed by atoms with E-state index < -0.39 is 25.0 Å². The fourth-order valence-electron chi connectivity index (χ4n) is 3.32. The van der Waals surface area contributed by atoms with Gasteiger partial charge in [-0.15, -0.1) is 0 Å². The van der Waals surface area contributed by atoms with Crippen molar-refractivity contribution in [2.75, 3.05) is 14.2 Å². The van der Waals surface area contributed by atoms with Gasteiger partial charge in [0, 0.05) is 11.6 Å². The zero-order chi connectivity index (χ0) is 28.0. The summed E-state index contributed by atoms with van der Waals surface area (Å²) in [6, 6.07) is 9.75. The number of carbonyl (C=O) groups is 1. The first-order valence-electron chi connectivity index (χ1n) is 12.4. The van der Waals surface area contributed by atoms with E-state index in [-0.39, 0.29) is 5.97 Å². The maximum absolute atomic E-state index is 12.3. The van der Waals surface area contributed by atoms with Gasteiger partial charge in [-0.2, -0.15) is 0 Å². The Balaban J connectivity index is 2.50. The number of benzene rings is 2. The van der Waals surface area contributed by atoms with Crippen LogP contribution in [0, 0.1) is 0 Å². The normalized spacial score (nSPS) is 12.6. The maximum atomic E-state index is 12.3. The Bertz CT molecular complexity index is 1150. The lowest BCUT2D eigenvalue weighted by Crippen LogP contribution is -2.29. The molecule has 2 aromatic carbocycles. The molecule has 0 saturated heterocycles. The molecule has 37 heavy (non-hydrogen) atoms. The first kappa shape index (κ1) is 30.5. The number of hydrogen-bond donors (Lipinski definition) is 0. The van der Waals surface area contributed by atoms with Crippen LogP contribution in [0.1, 0.15) is 16.7 Å². The number of hydrogen-bond acceptors (Lipinski definition) is 6. The van der Waals surface area contributed by atoms with Gasteiger partial charge < -0.3 is 22.8 Å². The van der Waals surface area contributed by atoms with Crippen LogP contribution < -0.4 is 18.3 Å². The minimum absolute atomic E-state index is 0.342. The van der Waals surface area contributed by atoms with E-state index in [2.05, 4.69) is 39.3 Å². The lowest BCUT2D eigenvalue weighted by atomic mass is 10.1. The van der Waals surface area contributed by atoms with Gasteiger partial charge >= 0.3 is 5.97 Å². The molecule has 2 rings (SSSR count). The molecule has 0 heterocycles. The van der Waals surface area contributed by atoms with Gasteiger partial charge in [-0.1, -0.05) is 18.2 Å². The Morgan fingerprint density at radius 3 is 1.78 bits per heavy atom. The number of ether oxygens (including phenoxy) is 2. The molecule has 6 nitrogen and oxygen atoms in total. The van der Waals surface area contributed by atoms with Gasteiger partial charge in [-0.3, -0.25) is 0 Å². The van der Waals surface area contributed by atoms with Gasteiger partial charge in [-0.05, 0) is 100 Å².